The first kappa shape index (κ1) is 23.5. The zero-order chi connectivity index (χ0) is 25.6. The molecule has 3 N–H and O–H groups in total. The normalized spacial score (nSPS) is 20.8. The molecule has 1 saturated carbocycles. The number of fused-ring (bicyclic) bond motifs is 3. The number of hydrogen-bond acceptors (Lipinski definition) is 7. The van der Waals surface area contributed by atoms with E-state index in [0.717, 1.165) is 6.42 Å². The summed E-state index contributed by atoms with van der Waals surface area (Å²) in [5.74, 6) is 1.01. The highest BCUT2D eigenvalue weighted by atomic mass is 35.5. The third-order valence-corrected chi connectivity index (χ3v) is 7.56. The summed E-state index contributed by atoms with van der Waals surface area (Å²) < 4.78 is 11.4. The van der Waals surface area contributed by atoms with Gasteiger partial charge in [0.05, 0.1) is 46.2 Å². The van der Waals surface area contributed by atoms with Crippen LogP contribution < -0.4 is 15.4 Å². The lowest BCUT2D eigenvalue weighted by Crippen LogP contribution is -2.46. The Morgan fingerprint density at radius 2 is 1.97 bits per heavy atom. The predicted octanol–water partition coefficient (Wildman–Crippen LogP) is 5.58. The number of ketones is 2. The fourth-order valence-electron chi connectivity index (χ4n) is 5.27. The molecule has 2 aliphatic rings. The highest BCUT2D eigenvalue weighted by Crippen LogP contribution is 2.43. The number of methoxy groups -OCH3 is 1. The molecule has 2 atom stereocenters. The average molecular weight is 517 g/mol. The van der Waals surface area contributed by atoms with E-state index in [1.165, 1.54) is 0 Å². The summed E-state index contributed by atoms with van der Waals surface area (Å²) >= 11 is 6.56. The van der Waals surface area contributed by atoms with Crippen LogP contribution >= 0.6 is 11.6 Å². The van der Waals surface area contributed by atoms with Gasteiger partial charge in [-0.15, -0.1) is 0 Å². The molecule has 0 amide bonds. The van der Waals surface area contributed by atoms with E-state index >= 15 is 0 Å². The number of halogens is 1. The van der Waals surface area contributed by atoms with Gasteiger partial charge in [-0.2, -0.15) is 0 Å². The number of pyridine rings is 1. The molecule has 1 fully saturated rings. The van der Waals surface area contributed by atoms with Crippen molar-refractivity contribution >= 4 is 45.6 Å². The first-order valence-corrected chi connectivity index (χ1v) is 12.5. The van der Waals surface area contributed by atoms with E-state index in [9.17, 15) is 9.59 Å². The molecule has 1 aliphatic heterocycles. The Labute approximate surface area is 218 Å². The standard InChI is InChI=1S/C28H25ClN4O4/c1-36-18-9-10-28(12-18)23(34)15-30-22-14-32-27-24(25(22)33-28)20(13-31-27)26(35)19-8-7-17(11-21(19)29)37-16-5-3-2-4-6-16/h2-8,11,13-14,18,30,33H,9-10,12,15H2,1H3,(H,31,32)/t18-,28-/m1/s1. The first-order chi connectivity index (χ1) is 18.0. The summed E-state index contributed by atoms with van der Waals surface area (Å²) in [6.45, 7) is 0.173. The lowest BCUT2D eigenvalue weighted by molar-refractivity contribution is -0.121. The maximum absolute atomic E-state index is 13.8. The second-order valence-corrected chi connectivity index (χ2v) is 9.85. The van der Waals surface area contributed by atoms with Crippen LogP contribution in [0.15, 0.2) is 60.9 Å². The minimum absolute atomic E-state index is 0.00178. The van der Waals surface area contributed by atoms with Gasteiger partial charge >= 0.3 is 0 Å². The zero-order valence-corrected chi connectivity index (χ0v) is 20.9. The lowest BCUT2D eigenvalue weighted by Gasteiger charge is -2.28. The van der Waals surface area contributed by atoms with Crippen LogP contribution in [0, 0.1) is 0 Å². The Morgan fingerprint density at radius 1 is 1.14 bits per heavy atom. The van der Waals surface area contributed by atoms with Gasteiger partial charge in [0.1, 0.15) is 22.7 Å². The third kappa shape index (κ3) is 4.12. The molecule has 0 bridgehead atoms. The number of aromatic amines is 1. The number of carbonyl (C=O) groups excluding carboxylic acids is 2. The van der Waals surface area contributed by atoms with Gasteiger partial charge in [-0.1, -0.05) is 29.8 Å². The molecular formula is C28H25ClN4O4. The molecule has 4 aromatic rings. The largest absolute Gasteiger partial charge is 0.457 e. The Morgan fingerprint density at radius 3 is 2.73 bits per heavy atom. The van der Waals surface area contributed by atoms with Gasteiger partial charge in [0.15, 0.2) is 11.6 Å². The predicted molar refractivity (Wildman–Crippen MR) is 142 cm³/mol. The molecule has 8 nitrogen and oxygen atoms in total. The number of carbonyl (C=O) groups is 2. The number of rotatable bonds is 5. The fraction of sp³-hybridized carbons (Fsp3) is 0.250. The summed E-state index contributed by atoms with van der Waals surface area (Å²) in [5, 5.41) is 7.62. The number of aromatic nitrogens is 2. The molecule has 1 aliphatic carbocycles. The number of Topliss-reactive ketones (excluding diaryl/α,β-unsaturated/α-hetero) is 1. The van der Waals surface area contributed by atoms with Crippen molar-refractivity contribution < 1.29 is 19.1 Å². The minimum Gasteiger partial charge on any atom is -0.457 e. The van der Waals surface area contributed by atoms with Gasteiger partial charge in [-0.05, 0) is 37.1 Å². The monoisotopic (exact) mass is 516 g/mol. The topological polar surface area (TPSA) is 105 Å². The van der Waals surface area contributed by atoms with E-state index < -0.39 is 5.54 Å². The van der Waals surface area contributed by atoms with Gasteiger partial charge in [-0.25, -0.2) is 4.98 Å². The molecule has 188 valence electrons. The van der Waals surface area contributed by atoms with Crippen molar-refractivity contribution in [2.75, 3.05) is 24.3 Å². The maximum atomic E-state index is 13.8. The molecule has 0 unspecified atom stereocenters. The van der Waals surface area contributed by atoms with E-state index in [1.807, 2.05) is 30.3 Å². The highest BCUT2D eigenvalue weighted by molar-refractivity contribution is 6.36. The SMILES string of the molecule is CO[C@@H]1CC[C@]2(C1)Nc1c(cnc3[nH]cc(C(=O)c4ccc(Oc5ccccc5)cc4Cl)c13)NCC2=O. The number of hydrogen-bond donors (Lipinski definition) is 3. The van der Waals surface area contributed by atoms with Crippen molar-refractivity contribution in [3.63, 3.8) is 0 Å². The van der Waals surface area contributed by atoms with Crippen LogP contribution in [0.5, 0.6) is 11.5 Å². The Hall–Kier alpha value is -3.88. The van der Waals surface area contributed by atoms with Crippen LogP contribution in [0.4, 0.5) is 11.4 Å². The van der Waals surface area contributed by atoms with E-state index in [0.29, 0.717) is 57.9 Å². The fourth-order valence-corrected chi connectivity index (χ4v) is 5.53. The number of nitrogens with zero attached hydrogens (tertiary/aromatic N) is 1. The van der Waals surface area contributed by atoms with Gasteiger partial charge in [0.25, 0.3) is 0 Å². The molecular weight excluding hydrogens is 492 g/mol. The lowest BCUT2D eigenvalue weighted by atomic mass is 9.91. The van der Waals surface area contributed by atoms with Crippen molar-refractivity contribution in [2.24, 2.45) is 0 Å². The maximum Gasteiger partial charge on any atom is 0.196 e. The number of H-pyrrole nitrogens is 1. The molecule has 2 aromatic heterocycles. The van der Waals surface area contributed by atoms with Crippen molar-refractivity contribution in [3.8, 4) is 11.5 Å². The third-order valence-electron chi connectivity index (χ3n) is 7.25. The first-order valence-electron chi connectivity index (χ1n) is 12.1. The highest BCUT2D eigenvalue weighted by Gasteiger charge is 2.47. The number of para-hydroxylation sites is 1. The molecule has 2 aromatic carbocycles. The van der Waals surface area contributed by atoms with E-state index in [4.69, 9.17) is 21.1 Å². The second kappa shape index (κ2) is 9.21. The van der Waals surface area contributed by atoms with Crippen LogP contribution in [-0.2, 0) is 9.53 Å². The zero-order valence-electron chi connectivity index (χ0n) is 20.1. The van der Waals surface area contributed by atoms with E-state index in [1.54, 1.807) is 37.7 Å². The molecule has 3 heterocycles. The van der Waals surface area contributed by atoms with Crippen LogP contribution in [0.25, 0.3) is 11.0 Å². The molecule has 6 rings (SSSR count). The van der Waals surface area contributed by atoms with Crippen LogP contribution in [0.1, 0.15) is 35.2 Å². The summed E-state index contributed by atoms with van der Waals surface area (Å²) in [5.41, 5.74) is 1.88. The molecule has 0 saturated heterocycles. The summed E-state index contributed by atoms with van der Waals surface area (Å²) in [4.78, 5) is 34.5. The summed E-state index contributed by atoms with van der Waals surface area (Å²) in [6, 6.07) is 14.4. The van der Waals surface area contributed by atoms with Crippen molar-refractivity contribution in [1.29, 1.82) is 0 Å². The number of anilines is 2. The van der Waals surface area contributed by atoms with E-state index in [2.05, 4.69) is 20.6 Å². The van der Waals surface area contributed by atoms with Crippen LogP contribution in [0.2, 0.25) is 5.02 Å². The van der Waals surface area contributed by atoms with Gasteiger partial charge in [0.2, 0.25) is 0 Å². The van der Waals surface area contributed by atoms with Crippen molar-refractivity contribution in [2.45, 2.75) is 30.9 Å². The second-order valence-electron chi connectivity index (χ2n) is 9.44. The molecule has 1 spiro atoms. The number of benzene rings is 2. The van der Waals surface area contributed by atoms with Crippen molar-refractivity contribution in [3.05, 3.63) is 77.1 Å². The Balaban J connectivity index is 1.38. The van der Waals surface area contributed by atoms with Crippen molar-refractivity contribution in [1.82, 2.24) is 9.97 Å². The molecule has 37 heavy (non-hydrogen) atoms. The number of nitrogens with one attached hydrogen (secondary N) is 3. The average Bonchev–Trinajstić information content (AvgIpc) is 3.50. The van der Waals surface area contributed by atoms with Crippen LogP contribution in [0.3, 0.4) is 0 Å². The van der Waals surface area contributed by atoms with Gasteiger partial charge < -0.3 is 25.1 Å². The quantitative estimate of drug-likeness (QED) is 0.297. The molecule has 0 radical (unpaired) electrons. The van der Waals surface area contributed by atoms with Gasteiger partial charge in [0, 0.05) is 31.4 Å². The Bertz CT molecular complexity index is 1520. The van der Waals surface area contributed by atoms with Gasteiger partial charge in [-0.3, -0.25) is 9.59 Å². The molecule has 9 heteroatoms. The minimum atomic E-state index is -0.765. The summed E-state index contributed by atoms with van der Waals surface area (Å²) in [6.07, 6.45) is 5.31. The van der Waals surface area contributed by atoms with Crippen LogP contribution in [-0.4, -0.2) is 46.8 Å². The van der Waals surface area contributed by atoms with E-state index in [-0.39, 0.29) is 29.2 Å². The number of ether oxygens (including phenoxy) is 2. The summed E-state index contributed by atoms with van der Waals surface area (Å²) in [7, 11) is 1.67. The Kier molecular flexibility index (Phi) is 5.85. The smallest absolute Gasteiger partial charge is 0.196 e.